The molecule has 0 aliphatic heterocycles. The van der Waals surface area contributed by atoms with E-state index in [4.69, 9.17) is 5.73 Å². The summed E-state index contributed by atoms with van der Waals surface area (Å²) in [4.78, 5) is 7.46. The molecule has 0 atom stereocenters. The highest BCUT2D eigenvalue weighted by Gasteiger charge is 2.19. The SMILES string of the molecule is Cc1ccc2c(c1)CCc1[nH]c(N)nc1-2. The van der Waals surface area contributed by atoms with Crippen molar-refractivity contribution in [2.45, 2.75) is 19.8 Å². The number of anilines is 1. The Labute approximate surface area is 88.3 Å². The maximum absolute atomic E-state index is 5.68. The first-order valence-corrected chi connectivity index (χ1v) is 5.18. The van der Waals surface area contributed by atoms with Crippen LogP contribution in [-0.4, -0.2) is 9.97 Å². The monoisotopic (exact) mass is 199 g/mol. The van der Waals surface area contributed by atoms with Gasteiger partial charge in [-0.3, -0.25) is 0 Å². The lowest BCUT2D eigenvalue weighted by atomic mass is 9.91. The molecule has 0 radical (unpaired) electrons. The fourth-order valence-electron chi connectivity index (χ4n) is 2.25. The fraction of sp³-hybridized carbons (Fsp3) is 0.250. The van der Waals surface area contributed by atoms with Crippen LogP contribution in [0.2, 0.25) is 0 Å². The minimum atomic E-state index is 0.522. The average molecular weight is 199 g/mol. The van der Waals surface area contributed by atoms with Crippen LogP contribution in [0.25, 0.3) is 11.3 Å². The maximum atomic E-state index is 5.68. The number of nitrogens with zero attached hydrogens (tertiary/aromatic N) is 1. The first-order valence-electron chi connectivity index (χ1n) is 5.18. The van der Waals surface area contributed by atoms with Crippen molar-refractivity contribution in [1.29, 1.82) is 0 Å². The number of nitrogen functional groups attached to an aromatic ring is 1. The predicted molar refractivity (Wildman–Crippen MR) is 60.6 cm³/mol. The minimum absolute atomic E-state index is 0.522. The molecule has 0 amide bonds. The number of hydrogen-bond donors (Lipinski definition) is 2. The molecule has 1 heterocycles. The van der Waals surface area contributed by atoms with Crippen molar-refractivity contribution in [2.75, 3.05) is 5.73 Å². The number of aromatic nitrogens is 2. The van der Waals surface area contributed by atoms with Gasteiger partial charge in [0.25, 0.3) is 0 Å². The van der Waals surface area contributed by atoms with Crippen LogP contribution in [0.3, 0.4) is 0 Å². The van der Waals surface area contributed by atoms with Gasteiger partial charge in [0.15, 0.2) is 5.95 Å². The van der Waals surface area contributed by atoms with E-state index in [1.807, 2.05) is 0 Å². The number of rotatable bonds is 0. The molecule has 0 unspecified atom stereocenters. The van der Waals surface area contributed by atoms with Crippen molar-refractivity contribution in [1.82, 2.24) is 9.97 Å². The van der Waals surface area contributed by atoms with Crippen LogP contribution >= 0.6 is 0 Å². The molecule has 3 nitrogen and oxygen atoms in total. The zero-order chi connectivity index (χ0) is 10.4. The molecule has 3 rings (SSSR count). The molecule has 0 spiro atoms. The van der Waals surface area contributed by atoms with Crippen molar-refractivity contribution >= 4 is 5.95 Å². The molecular formula is C12H13N3. The number of fused-ring (bicyclic) bond motifs is 3. The zero-order valence-corrected chi connectivity index (χ0v) is 8.67. The molecule has 1 aromatic carbocycles. The second-order valence-corrected chi connectivity index (χ2v) is 4.11. The number of imidazole rings is 1. The maximum Gasteiger partial charge on any atom is 0.198 e. The molecule has 3 heteroatoms. The van der Waals surface area contributed by atoms with E-state index in [2.05, 4.69) is 35.1 Å². The summed E-state index contributed by atoms with van der Waals surface area (Å²) in [6, 6.07) is 6.50. The van der Waals surface area contributed by atoms with Crippen LogP contribution in [0.1, 0.15) is 16.8 Å². The average Bonchev–Trinajstić information content (AvgIpc) is 2.58. The van der Waals surface area contributed by atoms with Crippen LogP contribution in [0.4, 0.5) is 5.95 Å². The van der Waals surface area contributed by atoms with Gasteiger partial charge >= 0.3 is 0 Å². The summed E-state index contributed by atoms with van der Waals surface area (Å²) in [5.74, 6) is 0.522. The molecular weight excluding hydrogens is 186 g/mol. The Bertz CT molecular complexity index is 526. The Hall–Kier alpha value is -1.77. The van der Waals surface area contributed by atoms with Gasteiger partial charge in [0.1, 0.15) is 0 Å². The van der Waals surface area contributed by atoms with Gasteiger partial charge < -0.3 is 10.7 Å². The summed E-state index contributed by atoms with van der Waals surface area (Å²) in [5, 5.41) is 0. The topological polar surface area (TPSA) is 54.7 Å². The summed E-state index contributed by atoms with van der Waals surface area (Å²) >= 11 is 0. The number of H-pyrrole nitrogens is 1. The summed E-state index contributed by atoms with van der Waals surface area (Å²) in [6.07, 6.45) is 2.08. The third-order valence-electron chi connectivity index (χ3n) is 2.96. The molecule has 0 bridgehead atoms. The van der Waals surface area contributed by atoms with Gasteiger partial charge in [0, 0.05) is 11.3 Å². The molecule has 1 aliphatic carbocycles. The Balaban J connectivity index is 2.25. The first-order chi connectivity index (χ1) is 7.24. The van der Waals surface area contributed by atoms with E-state index in [1.54, 1.807) is 0 Å². The van der Waals surface area contributed by atoms with Crippen LogP contribution in [0, 0.1) is 6.92 Å². The Morgan fingerprint density at radius 2 is 2.20 bits per heavy atom. The van der Waals surface area contributed by atoms with E-state index in [-0.39, 0.29) is 0 Å². The van der Waals surface area contributed by atoms with Gasteiger partial charge in [-0.1, -0.05) is 23.8 Å². The van der Waals surface area contributed by atoms with Gasteiger partial charge in [-0.15, -0.1) is 0 Å². The number of nitrogens with two attached hydrogens (primary N) is 1. The number of benzene rings is 1. The highest BCUT2D eigenvalue weighted by atomic mass is 15.0. The van der Waals surface area contributed by atoms with Crippen LogP contribution in [-0.2, 0) is 12.8 Å². The van der Waals surface area contributed by atoms with E-state index >= 15 is 0 Å². The predicted octanol–water partition coefficient (Wildman–Crippen LogP) is 2.07. The fourth-order valence-corrected chi connectivity index (χ4v) is 2.25. The molecule has 1 aromatic heterocycles. The molecule has 0 saturated heterocycles. The van der Waals surface area contributed by atoms with Crippen molar-refractivity contribution in [3.05, 3.63) is 35.0 Å². The van der Waals surface area contributed by atoms with Gasteiger partial charge in [0.05, 0.1) is 5.69 Å². The lowest BCUT2D eigenvalue weighted by molar-refractivity contribution is 0.907. The lowest BCUT2D eigenvalue weighted by Gasteiger charge is -2.15. The second-order valence-electron chi connectivity index (χ2n) is 4.11. The normalized spacial score (nSPS) is 13.4. The molecule has 1 aliphatic rings. The summed E-state index contributed by atoms with van der Waals surface area (Å²) in [6.45, 7) is 2.12. The first kappa shape index (κ1) is 8.53. The standard InChI is InChI=1S/C12H13N3/c1-7-2-4-9-8(6-7)3-5-10-11(9)15-12(13)14-10/h2,4,6H,3,5H2,1H3,(H3,13,14,15). The van der Waals surface area contributed by atoms with E-state index < -0.39 is 0 Å². The Kier molecular flexibility index (Phi) is 1.63. The Morgan fingerprint density at radius 1 is 1.33 bits per heavy atom. The van der Waals surface area contributed by atoms with Crippen molar-refractivity contribution in [2.24, 2.45) is 0 Å². The third kappa shape index (κ3) is 1.23. The van der Waals surface area contributed by atoms with Gasteiger partial charge in [-0.2, -0.15) is 0 Å². The molecule has 0 saturated carbocycles. The number of aryl methyl sites for hydroxylation is 3. The van der Waals surface area contributed by atoms with Crippen molar-refractivity contribution in [3.63, 3.8) is 0 Å². The van der Waals surface area contributed by atoms with E-state index in [1.165, 1.54) is 22.4 Å². The minimum Gasteiger partial charge on any atom is -0.369 e. The summed E-state index contributed by atoms with van der Waals surface area (Å²) in [5.41, 5.74) is 11.8. The number of hydrogen-bond acceptors (Lipinski definition) is 2. The number of nitrogens with one attached hydrogen (secondary N) is 1. The largest absolute Gasteiger partial charge is 0.369 e. The van der Waals surface area contributed by atoms with Crippen LogP contribution in [0.5, 0.6) is 0 Å². The van der Waals surface area contributed by atoms with E-state index in [0.29, 0.717) is 5.95 Å². The summed E-state index contributed by atoms with van der Waals surface area (Å²) < 4.78 is 0. The van der Waals surface area contributed by atoms with E-state index in [9.17, 15) is 0 Å². The smallest absolute Gasteiger partial charge is 0.198 e. The van der Waals surface area contributed by atoms with Crippen molar-refractivity contribution in [3.8, 4) is 11.3 Å². The summed E-state index contributed by atoms with van der Waals surface area (Å²) in [7, 11) is 0. The highest BCUT2D eigenvalue weighted by Crippen LogP contribution is 2.32. The third-order valence-corrected chi connectivity index (χ3v) is 2.96. The molecule has 2 aromatic rings. The van der Waals surface area contributed by atoms with Gasteiger partial charge in [-0.25, -0.2) is 4.98 Å². The molecule has 3 N–H and O–H groups in total. The van der Waals surface area contributed by atoms with Gasteiger partial charge in [0.2, 0.25) is 0 Å². The van der Waals surface area contributed by atoms with Crippen molar-refractivity contribution < 1.29 is 0 Å². The number of aromatic amines is 1. The van der Waals surface area contributed by atoms with Crippen LogP contribution in [0.15, 0.2) is 18.2 Å². The molecule has 15 heavy (non-hydrogen) atoms. The zero-order valence-electron chi connectivity index (χ0n) is 8.67. The quantitative estimate of drug-likeness (QED) is 0.682. The van der Waals surface area contributed by atoms with Gasteiger partial charge in [-0.05, 0) is 25.3 Å². The Morgan fingerprint density at radius 3 is 3.07 bits per heavy atom. The molecule has 0 fully saturated rings. The van der Waals surface area contributed by atoms with E-state index in [0.717, 1.165) is 18.5 Å². The highest BCUT2D eigenvalue weighted by molar-refractivity contribution is 5.70. The lowest BCUT2D eigenvalue weighted by Crippen LogP contribution is -2.03. The van der Waals surface area contributed by atoms with Crippen LogP contribution < -0.4 is 5.73 Å². The second kappa shape index (κ2) is 2.86. The molecule has 76 valence electrons.